The SMILES string of the molecule is CC1CC(NC(=O)[C@@H](N)C(C)(C)C)CCN1Cc1ccccc1. The van der Waals surface area contributed by atoms with Gasteiger partial charge >= 0.3 is 0 Å². The van der Waals surface area contributed by atoms with Gasteiger partial charge in [0.15, 0.2) is 0 Å². The summed E-state index contributed by atoms with van der Waals surface area (Å²) in [7, 11) is 0. The average molecular weight is 317 g/mol. The lowest BCUT2D eigenvalue weighted by atomic mass is 9.86. The van der Waals surface area contributed by atoms with Gasteiger partial charge in [-0.3, -0.25) is 9.69 Å². The van der Waals surface area contributed by atoms with Gasteiger partial charge in [-0.2, -0.15) is 0 Å². The quantitative estimate of drug-likeness (QED) is 0.897. The van der Waals surface area contributed by atoms with Crippen LogP contribution in [-0.2, 0) is 11.3 Å². The van der Waals surface area contributed by atoms with Crippen molar-refractivity contribution in [1.29, 1.82) is 0 Å². The number of nitrogens with one attached hydrogen (secondary N) is 1. The summed E-state index contributed by atoms with van der Waals surface area (Å²) in [6, 6.07) is 10.8. The molecule has 0 saturated carbocycles. The van der Waals surface area contributed by atoms with Crippen molar-refractivity contribution >= 4 is 5.91 Å². The molecule has 0 aliphatic carbocycles. The molecule has 1 aromatic rings. The monoisotopic (exact) mass is 317 g/mol. The minimum atomic E-state index is -0.458. The van der Waals surface area contributed by atoms with Crippen LogP contribution in [-0.4, -0.2) is 35.5 Å². The maximum atomic E-state index is 12.3. The van der Waals surface area contributed by atoms with Crippen molar-refractivity contribution in [2.24, 2.45) is 11.1 Å². The minimum Gasteiger partial charge on any atom is -0.352 e. The molecule has 1 fully saturated rings. The number of nitrogens with zero attached hydrogens (tertiary/aromatic N) is 1. The Bertz CT molecular complexity index is 509. The van der Waals surface area contributed by atoms with Gasteiger partial charge in [-0.15, -0.1) is 0 Å². The van der Waals surface area contributed by atoms with Gasteiger partial charge in [0.25, 0.3) is 0 Å². The number of rotatable bonds is 4. The first-order valence-corrected chi connectivity index (χ1v) is 8.61. The molecule has 23 heavy (non-hydrogen) atoms. The fourth-order valence-corrected chi connectivity index (χ4v) is 3.09. The van der Waals surface area contributed by atoms with Crippen LogP contribution in [0.3, 0.4) is 0 Å². The van der Waals surface area contributed by atoms with Crippen LogP contribution in [0, 0.1) is 5.41 Å². The summed E-state index contributed by atoms with van der Waals surface area (Å²) in [6.07, 6.45) is 1.97. The highest BCUT2D eigenvalue weighted by Gasteiger charge is 2.31. The molecule has 2 rings (SSSR count). The van der Waals surface area contributed by atoms with E-state index in [2.05, 4.69) is 41.4 Å². The molecule has 1 heterocycles. The Labute approximate surface area is 140 Å². The van der Waals surface area contributed by atoms with Crippen molar-refractivity contribution in [2.45, 2.75) is 65.2 Å². The molecule has 2 unspecified atom stereocenters. The summed E-state index contributed by atoms with van der Waals surface area (Å²) in [4.78, 5) is 14.8. The number of carbonyl (C=O) groups is 1. The number of likely N-dealkylation sites (tertiary alicyclic amines) is 1. The molecule has 0 aromatic heterocycles. The summed E-state index contributed by atoms with van der Waals surface area (Å²) >= 11 is 0. The predicted octanol–water partition coefficient (Wildman–Crippen LogP) is 2.53. The number of benzene rings is 1. The molecule has 4 nitrogen and oxygen atoms in total. The minimum absolute atomic E-state index is 0.0220. The van der Waals surface area contributed by atoms with E-state index in [1.165, 1.54) is 5.56 Å². The molecule has 4 heteroatoms. The smallest absolute Gasteiger partial charge is 0.237 e. The van der Waals surface area contributed by atoms with Crippen LogP contribution in [0.5, 0.6) is 0 Å². The third-order valence-corrected chi connectivity index (χ3v) is 4.80. The lowest BCUT2D eigenvalue weighted by Crippen LogP contribution is -2.54. The number of hydrogen-bond acceptors (Lipinski definition) is 3. The first-order chi connectivity index (χ1) is 10.8. The van der Waals surface area contributed by atoms with E-state index in [1.54, 1.807) is 0 Å². The van der Waals surface area contributed by atoms with Crippen molar-refractivity contribution in [3.05, 3.63) is 35.9 Å². The number of amides is 1. The third-order valence-electron chi connectivity index (χ3n) is 4.80. The molecule has 128 valence electrons. The van der Waals surface area contributed by atoms with Crippen LogP contribution < -0.4 is 11.1 Å². The lowest BCUT2D eigenvalue weighted by molar-refractivity contribution is -0.125. The van der Waals surface area contributed by atoms with Gasteiger partial charge in [-0.05, 0) is 30.7 Å². The van der Waals surface area contributed by atoms with Crippen molar-refractivity contribution in [1.82, 2.24) is 10.2 Å². The van der Waals surface area contributed by atoms with E-state index in [-0.39, 0.29) is 17.4 Å². The molecule has 3 atom stereocenters. The number of carbonyl (C=O) groups excluding carboxylic acids is 1. The molecule has 1 aliphatic rings. The van der Waals surface area contributed by atoms with Crippen molar-refractivity contribution in [3.8, 4) is 0 Å². The Kier molecular flexibility index (Phi) is 5.82. The topological polar surface area (TPSA) is 58.4 Å². The fourth-order valence-electron chi connectivity index (χ4n) is 3.09. The van der Waals surface area contributed by atoms with Gasteiger partial charge < -0.3 is 11.1 Å². The highest BCUT2D eigenvalue weighted by molar-refractivity contribution is 5.82. The number of piperidine rings is 1. The average Bonchev–Trinajstić information content (AvgIpc) is 2.49. The Hall–Kier alpha value is -1.39. The van der Waals surface area contributed by atoms with Gasteiger partial charge in [0.1, 0.15) is 0 Å². The molecule has 1 saturated heterocycles. The second kappa shape index (κ2) is 7.45. The second-order valence-corrected chi connectivity index (χ2v) is 7.88. The van der Waals surface area contributed by atoms with Gasteiger partial charge in [0, 0.05) is 25.2 Å². The van der Waals surface area contributed by atoms with Crippen molar-refractivity contribution in [3.63, 3.8) is 0 Å². The highest BCUT2D eigenvalue weighted by Crippen LogP contribution is 2.21. The van der Waals surface area contributed by atoms with Crippen LogP contribution in [0.25, 0.3) is 0 Å². The van der Waals surface area contributed by atoms with Gasteiger partial charge in [0.2, 0.25) is 5.91 Å². The van der Waals surface area contributed by atoms with E-state index in [4.69, 9.17) is 5.73 Å². The van der Waals surface area contributed by atoms with E-state index < -0.39 is 6.04 Å². The van der Waals surface area contributed by atoms with Crippen LogP contribution in [0.2, 0.25) is 0 Å². The maximum absolute atomic E-state index is 12.3. The predicted molar refractivity (Wildman–Crippen MR) is 94.9 cm³/mol. The molecule has 1 amide bonds. The molecule has 0 radical (unpaired) electrons. The lowest BCUT2D eigenvalue weighted by Gasteiger charge is -2.39. The van der Waals surface area contributed by atoms with E-state index >= 15 is 0 Å². The van der Waals surface area contributed by atoms with Crippen LogP contribution >= 0.6 is 0 Å². The maximum Gasteiger partial charge on any atom is 0.237 e. The van der Waals surface area contributed by atoms with Crippen molar-refractivity contribution in [2.75, 3.05) is 6.54 Å². The van der Waals surface area contributed by atoms with Crippen molar-refractivity contribution < 1.29 is 4.79 Å². The van der Waals surface area contributed by atoms with Gasteiger partial charge in [-0.1, -0.05) is 51.1 Å². The summed E-state index contributed by atoms with van der Waals surface area (Å²) in [5.74, 6) is -0.0220. The van der Waals surface area contributed by atoms with Crippen LogP contribution in [0.4, 0.5) is 0 Å². The van der Waals surface area contributed by atoms with E-state index in [0.717, 1.165) is 25.9 Å². The van der Waals surface area contributed by atoms with Gasteiger partial charge in [-0.25, -0.2) is 0 Å². The highest BCUT2D eigenvalue weighted by atomic mass is 16.2. The summed E-state index contributed by atoms with van der Waals surface area (Å²) in [6.45, 7) is 10.2. The molecule has 0 bridgehead atoms. The van der Waals surface area contributed by atoms with E-state index in [0.29, 0.717) is 6.04 Å². The standard InChI is InChI=1S/C19H31N3O/c1-14-12-16(21-18(23)17(20)19(2,3)4)10-11-22(14)13-15-8-6-5-7-9-15/h5-9,14,16-17H,10-13,20H2,1-4H3,(H,21,23)/t14?,16?,17-/m1/s1. The summed E-state index contributed by atoms with van der Waals surface area (Å²) in [5.41, 5.74) is 7.19. The molecular formula is C19H31N3O. The number of hydrogen-bond donors (Lipinski definition) is 2. The first kappa shape index (κ1) is 18.0. The number of nitrogens with two attached hydrogens (primary N) is 1. The Morgan fingerprint density at radius 3 is 2.57 bits per heavy atom. The van der Waals surface area contributed by atoms with E-state index in [1.807, 2.05) is 26.8 Å². The molecule has 1 aliphatic heterocycles. The second-order valence-electron chi connectivity index (χ2n) is 7.88. The Morgan fingerprint density at radius 2 is 2.00 bits per heavy atom. The third kappa shape index (κ3) is 5.05. The summed E-state index contributed by atoms with van der Waals surface area (Å²) < 4.78 is 0. The van der Waals surface area contributed by atoms with Crippen LogP contribution in [0.15, 0.2) is 30.3 Å². The normalized spacial score (nSPS) is 24.2. The van der Waals surface area contributed by atoms with Crippen LogP contribution in [0.1, 0.15) is 46.1 Å². The van der Waals surface area contributed by atoms with Gasteiger partial charge in [0.05, 0.1) is 6.04 Å². The largest absolute Gasteiger partial charge is 0.352 e. The molecular weight excluding hydrogens is 286 g/mol. The molecule has 3 N–H and O–H groups in total. The van der Waals surface area contributed by atoms with E-state index in [9.17, 15) is 4.79 Å². The summed E-state index contributed by atoms with van der Waals surface area (Å²) in [5, 5.41) is 3.15. The zero-order chi connectivity index (χ0) is 17.0. The Balaban J connectivity index is 1.85. The molecule has 0 spiro atoms. The first-order valence-electron chi connectivity index (χ1n) is 8.61. The molecule has 1 aromatic carbocycles. The zero-order valence-corrected chi connectivity index (χ0v) is 14.9. The zero-order valence-electron chi connectivity index (χ0n) is 14.9. The Morgan fingerprint density at radius 1 is 1.35 bits per heavy atom. The fraction of sp³-hybridized carbons (Fsp3) is 0.632.